The number of hydrogen-bond donors (Lipinski definition) is 2. The SMILES string of the molecule is CCC(CN)(CO)C12CC3CC(CC(C3)C1)C2. The Morgan fingerprint density at radius 1 is 1.12 bits per heavy atom. The maximum atomic E-state index is 9.96. The summed E-state index contributed by atoms with van der Waals surface area (Å²) >= 11 is 0. The van der Waals surface area contributed by atoms with Crippen LogP contribution in [0, 0.1) is 28.6 Å². The van der Waals surface area contributed by atoms with Gasteiger partial charge in [-0.3, -0.25) is 0 Å². The van der Waals surface area contributed by atoms with E-state index in [1.165, 1.54) is 38.5 Å². The molecule has 2 heteroatoms. The van der Waals surface area contributed by atoms with E-state index in [0.717, 1.165) is 24.2 Å². The summed E-state index contributed by atoms with van der Waals surface area (Å²) in [4.78, 5) is 0. The zero-order valence-electron chi connectivity index (χ0n) is 11.1. The van der Waals surface area contributed by atoms with E-state index < -0.39 is 0 Å². The normalized spacial score (nSPS) is 47.1. The number of nitrogens with two attached hydrogens (primary N) is 1. The van der Waals surface area contributed by atoms with Crippen LogP contribution in [0.5, 0.6) is 0 Å². The van der Waals surface area contributed by atoms with Gasteiger partial charge in [0.15, 0.2) is 0 Å². The lowest BCUT2D eigenvalue weighted by Crippen LogP contribution is -2.58. The molecule has 0 radical (unpaired) electrons. The molecule has 0 aromatic rings. The van der Waals surface area contributed by atoms with Crippen LogP contribution in [0.1, 0.15) is 51.9 Å². The fraction of sp³-hybridized carbons (Fsp3) is 1.00. The van der Waals surface area contributed by atoms with Crippen molar-refractivity contribution in [3.8, 4) is 0 Å². The van der Waals surface area contributed by atoms with Crippen molar-refractivity contribution in [3.63, 3.8) is 0 Å². The van der Waals surface area contributed by atoms with Gasteiger partial charge in [0.05, 0.1) is 6.61 Å². The summed E-state index contributed by atoms with van der Waals surface area (Å²) < 4.78 is 0. The van der Waals surface area contributed by atoms with Gasteiger partial charge in [-0.2, -0.15) is 0 Å². The highest BCUT2D eigenvalue weighted by atomic mass is 16.3. The molecule has 4 fully saturated rings. The second kappa shape index (κ2) is 3.96. The Morgan fingerprint density at radius 3 is 1.88 bits per heavy atom. The van der Waals surface area contributed by atoms with Gasteiger partial charge in [-0.1, -0.05) is 6.92 Å². The van der Waals surface area contributed by atoms with Gasteiger partial charge in [-0.25, -0.2) is 0 Å². The predicted molar refractivity (Wildman–Crippen MR) is 69.5 cm³/mol. The molecule has 0 heterocycles. The molecule has 0 saturated heterocycles. The molecular weight excluding hydrogens is 210 g/mol. The first kappa shape index (κ1) is 12.0. The highest BCUT2D eigenvalue weighted by Crippen LogP contribution is 2.66. The topological polar surface area (TPSA) is 46.2 Å². The first-order chi connectivity index (χ1) is 8.17. The lowest BCUT2D eigenvalue weighted by molar-refractivity contribution is -0.145. The number of aliphatic hydroxyl groups excluding tert-OH is 1. The molecule has 98 valence electrons. The van der Waals surface area contributed by atoms with Crippen LogP contribution in [0.25, 0.3) is 0 Å². The Morgan fingerprint density at radius 2 is 1.59 bits per heavy atom. The number of aliphatic hydroxyl groups is 1. The van der Waals surface area contributed by atoms with E-state index in [9.17, 15) is 5.11 Å². The van der Waals surface area contributed by atoms with Gasteiger partial charge in [-0.05, 0) is 68.1 Å². The standard InChI is InChI=1S/C15H27NO/c1-2-14(9-16,10-17)15-6-11-3-12(7-15)5-13(4-11)8-15/h11-13,17H,2-10,16H2,1H3. The third-order valence-corrected chi connectivity index (χ3v) is 6.53. The first-order valence-electron chi connectivity index (χ1n) is 7.48. The van der Waals surface area contributed by atoms with Gasteiger partial charge < -0.3 is 10.8 Å². The van der Waals surface area contributed by atoms with E-state index in [4.69, 9.17) is 5.73 Å². The van der Waals surface area contributed by atoms with Gasteiger partial charge in [0.2, 0.25) is 0 Å². The van der Waals surface area contributed by atoms with Crippen molar-refractivity contribution in [2.45, 2.75) is 51.9 Å². The summed E-state index contributed by atoms with van der Waals surface area (Å²) in [6, 6.07) is 0. The maximum Gasteiger partial charge on any atom is 0.0504 e. The summed E-state index contributed by atoms with van der Waals surface area (Å²) in [5.41, 5.74) is 6.50. The quantitative estimate of drug-likeness (QED) is 0.789. The fourth-order valence-corrected chi connectivity index (χ4v) is 5.84. The average molecular weight is 237 g/mol. The second-order valence-corrected chi connectivity index (χ2v) is 7.19. The van der Waals surface area contributed by atoms with Crippen molar-refractivity contribution < 1.29 is 5.11 Å². The zero-order chi connectivity index (χ0) is 12.1. The van der Waals surface area contributed by atoms with E-state index in [2.05, 4.69) is 6.92 Å². The molecule has 4 aliphatic rings. The Balaban J connectivity index is 1.95. The highest BCUT2D eigenvalue weighted by Gasteiger charge is 2.58. The van der Waals surface area contributed by atoms with Crippen molar-refractivity contribution in [2.24, 2.45) is 34.3 Å². The number of rotatable bonds is 4. The van der Waals surface area contributed by atoms with Crippen LogP contribution in [0.15, 0.2) is 0 Å². The summed E-state index contributed by atoms with van der Waals surface area (Å²) in [7, 11) is 0. The molecule has 0 aromatic heterocycles. The molecule has 0 aliphatic heterocycles. The first-order valence-corrected chi connectivity index (χ1v) is 7.48. The molecule has 1 atom stereocenters. The molecule has 2 nitrogen and oxygen atoms in total. The minimum absolute atomic E-state index is 0.0169. The van der Waals surface area contributed by atoms with Gasteiger partial charge in [0.1, 0.15) is 0 Å². The summed E-state index contributed by atoms with van der Waals surface area (Å²) in [5.74, 6) is 2.85. The molecule has 4 saturated carbocycles. The van der Waals surface area contributed by atoms with Crippen LogP contribution >= 0.6 is 0 Å². The smallest absolute Gasteiger partial charge is 0.0504 e. The monoisotopic (exact) mass is 237 g/mol. The Kier molecular flexibility index (Phi) is 2.79. The predicted octanol–water partition coefficient (Wildman–Crippen LogP) is 2.55. The molecule has 4 bridgehead atoms. The van der Waals surface area contributed by atoms with Crippen LogP contribution in [0.4, 0.5) is 0 Å². The lowest BCUT2D eigenvalue weighted by atomic mass is 9.42. The molecule has 0 aromatic carbocycles. The van der Waals surface area contributed by atoms with Crippen molar-refractivity contribution in [1.29, 1.82) is 0 Å². The lowest BCUT2D eigenvalue weighted by Gasteiger charge is -2.63. The van der Waals surface area contributed by atoms with Gasteiger partial charge in [0, 0.05) is 12.0 Å². The second-order valence-electron chi connectivity index (χ2n) is 7.19. The van der Waals surface area contributed by atoms with Gasteiger partial charge in [-0.15, -0.1) is 0 Å². The van der Waals surface area contributed by atoms with Gasteiger partial charge >= 0.3 is 0 Å². The van der Waals surface area contributed by atoms with Crippen molar-refractivity contribution in [2.75, 3.05) is 13.2 Å². The molecule has 4 rings (SSSR count). The van der Waals surface area contributed by atoms with E-state index in [1.54, 1.807) is 0 Å². The highest BCUT2D eigenvalue weighted by molar-refractivity contribution is 5.09. The Hall–Kier alpha value is -0.0800. The maximum absolute atomic E-state index is 9.96. The summed E-state index contributed by atoms with van der Waals surface area (Å²) in [6.45, 7) is 3.19. The third-order valence-electron chi connectivity index (χ3n) is 6.53. The molecule has 17 heavy (non-hydrogen) atoms. The van der Waals surface area contributed by atoms with Crippen LogP contribution in [0.2, 0.25) is 0 Å². The van der Waals surface area contributed by atoms with Crippen molar-refractivity contribution >= 4 is 0 Å². The summed E-state index contributed by atoms with van der Waals surface area (Å²) in [6.07, 6.45) is 9.51. The fourth-order valence-electron chi connectivity index (χ4n) is 5.84. The number of hydrogen-bond acceptors (Lipinski definition) is 2. The average Bonchev–Trinajstić information content (AvgIpc) is 2.29. The van der Waals surface area contributed by atoms with E-state index >= 15 is 0 Å². The van der Waals surface area contributed by atoms with Gasteiger partial charge in [0.25, 0.3) is 0 Å². The van der Waals surface area contributed by atoms with Crippen LogP contribution < -0.4 is 5.73 Å². The van der Waals surface area contributed by atoms with Crippen molar-refractivity contribution in [3.05, 3.63) is 0 Å². The molecule has 1 unspecified atom stereocenters. The Labute approximate surface area is 105 Å². The molecular formula is C15H27NO. The minimum atomic E-state index is 0.0169. The molecule has 0 amide bonds. The third kappa shape index (κ3) is 1.53. The van der Waals surface area contributed by atoms with Crippen LogP contribution in [-0.4, -0.2) is 18.3 Å². The van der Waals surface area contributed by atoms with E-state index in [1.807, 2.05) is 0 Å². The largest absolute Gasteiger partial charge is 0.396 e. The van der Waals surface area contributed by atoms with E-state index in [-0.39, 0.29) is 5.41 Å². The molecule has 0 spiro atoms. The summed E-state index contributed by atoms with van der Waals surface area (Å²) in [5, 5.41) is 9.96. The van der Waals surface area contributed by atoms with Crippen molar-refractivity contribution in [1.82, 2.24) is 0 Å². The zero-order valence-corrected chi connectivity index (χ0v) is 11.1. The molecule has 4 aliphatic carbocycles. The van der Waals surface area contributed by atoms with Crippen LogP contribution in [0.3, 0.4) is 0 Å². The Bertz CT molecular complexity index is 252. The van der Waals surface area contributed by atoms with Crippen LogP contribution in [-0.2, 0) is 0 Å². The molecule has 3 N–H and O–H groups in total. The minimum Gasteiger partial charge on any atom is -0.396 e. The van der Waals surface area contributed by atoms with E-state index in [0.29, 0.717) is 18.6 Å².